The molecule has 2 aromatic carbocycles. The molecule has 0 unspecified atom stereocenters. The highest BCUT2D eigenvalue weighted by Crippen LogP contribution is 2.16. The molecular formula is C17H19BrN2OS. The number of nitrogens with one attached hydrogen (secondary N) is 2. The van der Waals surface area contributed by atoms with Gasteiger partial charge in [-0.15, -0.1) is 0 Å². The minimum Gasteiger partial charge on any atom is -0.497 e. The molecular weight excluding hydrogens is 360 g/mol. The molecule has 2 N–H and O–H groups in total. The van der Waals surface area contributed by atoms with E-state index >= 15 is 0 Å². The van der Waals surface area contributed by atoms with Gasteiger partial charge in [0.2, 0.25) is 0 Å². The van der Waals surface area contributed by atoms with E-state index in [0.717, 1.165) is 15.8 Å². The smallest absolute Gasteiger partial charge is 0.167 e. The quantitative estimate of drug-likeness (QED) is 0.764. The van der Waals surface area contributed by atoms with Crippen LogP contribution in [0.1, 0.15) is 24.1 Å². The lowest BCUT2D eigenvalue weighted by atomic mass is 10.1. The standard InChI is InChI=1S/C17H19BrN2OS/c1-12(14-5-7-15(18)8-6-14)20-17(22)19-11-13-3-9-16(21-2)10-4-13/h3-10,12H,11H2,1-2H3,(H2,19,20,22)/t12-/m0/s1. The molecule has 0 aliphatic rings. The lowest BCUT2D eigenvalue weighted by molar-refractivity contribution is 0.414. The van der Waals surface area contributed by atoms with Crippen LogP contribution in [0.3, 0.4) is 0 Å². The van der Waals surface area contributed by atoms with Crippen molar-refractivity contribution in [2.24, 2.45) is 0 Å². The van der Waals surface area contributed by atoms with E-state index in [1.807, 2.05) is 36.4 Å². The van der Waals surface area contributed by atoms with Crippen LogP contribution in [0.25, 0.3) is 0 Å². The largest absolute Gasteiger partial charge is 0.497 e. The third-order valence-corrected chi connectivity index (χ3v) is 4.12. The highest BCUT2D eigenvalue weighted by Gasteiger charge is 2.06. The Bertz CT molecular complexity index is 614. The fourth-order valence-corrected chi connectivity index (χ4v) is 2.52. The van der Waals surface area contributed by atoms with Gasteiger partial charge < -0.3 is 15.4 Å². The Morgan fingerprint density at radius 1 is 1.14 bits per heavy atom. The summed E-state index contributed by atoms with van der Waals surface area (Å²) in [5.74, 6) is 0.855. The molecule has 0 aromatic heterocycles. The molecule has 0 heterocycles. The minimum absolute atomic E-state index is 0.156. The summed E-state index contributed by atoms with van der Waals surface area (Å²) in [5, 5.41) is 7.15. The van der Waals surface area contributed by atoms with E-state index in [9.17, 15) is 0 Å². The minimum atomic E-state index is 0.156. The molecule has 1 atom stereocenters. The first-order valence-electron chi connectivity index (χ1n) is 7.01. The topological polar surface area (TPSA) is 33.3 Å². The van der Waals surface area contributed by atoms with E-state index in [4.69, 9.17) is 17.0 Å². The maximum absolute atomic E-state index is 5.35. The second kappa shape index (κ2) is 8.15. The first kappa shape index (κ1) is 16.8. The molecule has 2 rings (SSSR count). The van der Waals surface area contributed by atoms with Crippen LogP contribution in [-0.2, 0) is 6.54 Å². The number of hydrogen-bond acceptors (Lipinski definition) is 2. The van der Waals surface area contributed by atoms with Crippen molar-refractivity contribution in [1.82, 2.24) is 10.6 Å². The molecule has 5 heteroatoms. The van der Waals surface area contributed by atoms with E-state index in [0.29, 0.717) is 11.7 Å². The second-order valence-corrected chi connectivity index (χ2v) is 6.27. The summed E-state index contributed by atoms with van der Waals surface area (Å²) in [6.45, 7) is 2.77. The lowest BCUT2D eigenvalue weighted by Crippen LogP contribution is -2.36. The van der Waals surface area contributed by atoms with Crippen molar-refractivity contribution in [3.63, 3.8) is 0 Å². The number of benzene rings is 2. The molecule has 0 radical (unpaired) electrons. The summed E-state index contributed by atoms with van der Waals surface area (Å²) in [6, 6.07) is 16.3. The monoisotopic (exact) mass is 378 g/mol. The van der Waals surface area contributed by atoms with Crippen molar-refractivity contribution < 1.29 is 4.74 Å². The predicted molar refractivity (Wildman–Crippen MR) is 98.1 cm³/mol. The third-order valence-electron chi connectivity index (χ3n) is 3.33. The van der Waals surface area contributed by atoms with Crippen molar-refractivity contribution >= 4 is 33.3 Å². The third kappa shape index (κ3) is 5.00. The van der Waals surface area contributed by atoms with Gasteiger partial charge in [0.05, 0.1) is 13.2 Å². The summed E-state index contributed by atoms with van der Waals surface area (Å²) in [6.07, 6.45) is 0. The molecule has 0 saturated carbocycles. The van der Waals surface area contributed by atoms with Gasteiger partial charge in [0.1, 0.15) is 5.75 Å². The van der Waals surface area contributed by atoms with Crippen LogP contribution >= 0.6 is 28.1 Å². The van der Waals surface area contributed by atoms with Gasteiger partial charge in [-0.25, -0.2) is 0 Å². The van der Waals surface area contributed by atoms with Gasteiger partial charge in [-0.05, 0) is 54.5 Å². The Balaban J connectivity index is 1.83. The SMILES string of the molecule is COc1ccc(CNC(=S)N[C@@H](C)c2ccc(Br)cc2)cc1. The molecule has 0 fully saturated rings. The molecule has 0 aliphatic carbocycles. The first-order chi connectivity index (χ1) is 10.6. The van der Waals surface area contributed by atoms with Crippen molar-refractivity contribution in [3.05, 3.63) is 64.1 Å². The number of hydrogen-bond donors (Lipinski definition) is 2. The molecule has 2 aromatic rings. The highest BCUT2D eigenvalue weighted by atomic mass is 79.9. The van der Waals surface area contributed by atoms with Crippen LogP contribution in [0, 0.1) is 0 Å². The zero-order chi connectivity index (χ0) is 15.9. The van der Waals surface area contributed by atoms with Crippen LogP contribution < -0.4 is 15.4 Å². The zero-order valence-electron chi connectivity index (χ0n) is 12.6. The van der Waals surface area contributed by atoms with Gasteiger partial charge >= 0.3 is 0 Å². The van der Waals surface area contributed by atoms with E-state index < -0.39 is 0 Å². The van der Waals surface area contributed by atoms with Crippen molar-refractivity contribution in [2.75, 3.05) is 7.11 Å². The molecule has 3 nitrogen and oxygen atoms in total. The van der Waals surface area contributed by atoms with E-state index in [1.54, 1.807) is 7.11 Å². The van der Waals surface area contributed by atoms with Crippen molar-refractivity contribution in [2.45, 2.75) is 19.5 Å². The van der Waals surface area contributed by atoms with Gasteiger partial charge in [-0.1, -0.05) is 40.2 Å². The van der Waals surface area contributed by atoms with E-state index in [2.05, 4.69) is 45.6 Å². The van der Waals surface area contributed by atoms with Crippen LogP contribution in [0.5, 0.6) is 5.75 Å². The number of rotatable bonds is 5. The second-order valence-electron chi connectivity index (χ2n) is 4.95. The first-order valence-corrected chi connectivity index (χ1v) is 8.21. The van der Waals surface area contributed by atoms with Crippen LogP contribution in [0.4, 0.5) is 0 Å². The lowest BCUT2D eigenvalue weighted by Gasteiger charge is -2.17. The molecule has 22 heavy (non-hydrogen) atoms. The zero-order valence-corrected chi connectivity index (χ0v) is 15.0. The molecule has 0 spiro atoms. The molecule has 0 saturated heterocycles. The maximum Gasteiger partial charge on any atom is 0.167 e. The molecule has 0 aliphatic heterocycles. The molecule has 0 bridgehead atoms. The highest BCUT2D eigenvalue weighted by molar-refractivity contribution is 9.10. The number of methoxy groups -OCH3 is 1. The Kier molecular flexibility index (Phi) is 6.21. The normalized spacial score (nSPS) is 11.6. The number of ether oxygens (including phenoxy) is 1. The average Bonchev–Trinajstić information content (AvgIpc) is 2.54. The molecule has 116 valence electrons. The van der Waals surface area contributed by atoms with Crippen LogP contribution in [0.15, 0.2) is 53.0 Å². The van der Waals surface area contributed by atoms with Gasteiger partial charge in [0, 0.05) is 11.0 Å². The maximum atomic E-state index is 5.35. The Morgan fingerprint density at radius 2 is 1.77 bits per heavy atom. The average molecular weight is 379 g/mol. The van der Waals surface area contributed by atoms with E-state index in [1.165, 1.54) is 5.56 Å². The fourth-order valence-electron chi connectivity index (χ4n) is 2.01. The van der Waals surface area contributed by atoms with E-state index in [-0.39, 0.29) is 6.04 Å². The summed E-state index contributed by atoms with van der Waals surface area (Å²) in [4.78, 5) is 0. The molecule has 0 amide bonds. The summed E-state index contributed by atoms with van der Waals surface area (Å²) >= 11 is 8.79. The fraction of sp³-hybridized carbons (Fsp3) is 0.235. The Morgan fingerprint density at radius 3 is 2.36 bits per heavy atom. The summed E-state index contributed by atoms with van der Waals surface area (Å²) < 4.78 is 6.22. The van der Waals surface area contributed by atoms with Gasteiger partial charge in [-0.2, -0.15) is 0 Å². The Labute approximate surface area is 145 Å². The van der Waals surface area contributed by atoms with Crippen LogP contribution in [0.2, 0.25) is 0 Å². The van der Waals surface area contributed by atoms with Crippen molar-refractivity contribution in [3.8, 4) is 5.75 Å². The van der Waals surface area contributed by atoms with Gasteiger partial charge in [0.15, 0.2) is 5.11 Å². The Hall–Kier alpha value is -1.59. The predicted octanol–water partition coefficient (Wildman–Crippen LogP) is 4.18. The summed E-state index contributed by atoms with van der Waals surface area (Å²) in [7, 11) is 1.66. The number of thiocarbonyl (C=S) groups is 1. The van der Waals surface area contributed by atoms with Crippen LogP contribution in [-0.4, -0.2) is 12.2 Å². The number of halogens is 1. The summed E-state index contributed by atoms with van der Waals surface area (Å²) in [5.41, 5.74) is 2.35. The van der Waals surface area contributed by atoms with Crippen molar-refractivity contribution in [1.29, 1.82) is 0 Å². The van der Waals surface area contributed by atoms with Gasteiger partial charge in [0.25, 0.3) is 0 Å². The van der Waals surface area contributed by atoms with Gasteiger partial charge in [-0.3, -0.25) is 0 Å².